The van der Waals surface area contributed by atoms with Crippen molar-refractivity contribution >= 4 is 16.1 Å². The number of esters is 1. The first-order valence-electron chi connectivity index (χ1n) is 7.07. The van der Waals surface area contributed by atoms with Gasteiger partial charge in [-0.25, -0.2) is 0 Å². The Hall–Kier alpha value is -1.40. The Morgan fingerprint density at radius 2 is 1.76 bits per heavy atom. The topological polar surface area (TPSA) is 80.7 Å². The van der Waals surface area contributed by atoms with Crippen molar-refractivity contribution in [3.05, 3.63) is 24.3 Å². The van der Waals surface area contributed by atoms with Crippen LogP contribution in [-0.2, 0) is 14.9 Å². The highest BCUT2D eigenvalue weighted by Gasteiger charge is 2.10. The molecule has 1 aromatic carbocycles. The molecule has 0 saturated carbocycles. The molecule has 0 amide bonds. The lowest BCUT2D eigenvalue weighted by Crippen LogP contribution is -2.07. The molecule has 0 radical (unpaired) electrons. The molecule has 0 fully saturated rings. The fraction of sp³-hybridized carbons (Fsp3) is 0.533. The van der Waals surface area contributed by atoms with Gasteiger partial charge in [0.05, 0.1) is 4.90 Å². The molecule has 1 aromatic rings. The van der Waals surface area contributed by atoms with Gasteiger partial charge in [-0.15, -0.1) is 0 Å². The molecule has 21 heavy (non-hydrogen) atoms. The highest BCUT2D eigenvalue weighted by Crippen LogP contribution is 2.17. The van der Waals surface area contributed by atoms with Gasteiger partial charge in [0.25, 0.3) is 10.1 Å². The Morgan fingerprint density at radius 1 is 1.14 bits per heavy atom. The summed E-state index contributed by atoms with van der Waals surface area (Å²) in [4.78, 5) is 11.4. The van der Waals surface area contributed by atoms with E-state index in [1.807, 2.05) is 0 Å². The van der Waals surface area contributed by atoms with Crippen LogP contribution in [0, 0.1) is 5.92 Å². The van der Waals surface area contributed by atoms with E-state index in [1.165, 1.54) is 24.3 Å². The van der Waals surface area contributed by atoms with Gasteiger partial charge in [-0.05, 0) is 36.6 Å². The Labute approximate surface area is 126 Å². The number of hydrogen-bond donors (Lipinski definition) is 1. The van der Waals surface area contributed by atoms with E-state index in [1.54, 1.807) is 0 Å². The summed E-state index contributed by atoms with van der Waals surface area (Å²) in [5.41, 5.74) is 0. The van der Waals surface area contributed by atoms with Crippen molar-refractivity contribution in [1.29, 1.82) is 0 Å². The van der Waals surface area contributed by atoms with E-state index < -0.39 is 10.1 Å². The number of ether oxygens (including phenoxy) is 1. The lowest BCUT2D eigenvalue weighted by atomic mass is 10.0. The van der Waals surface area contributed by atoms with E-state index in [9.17, 15) is 13.2 Å². The molecule has 0 atom stereocenters. The minimum atomic E-state index is -4.22. The van der Waals surface area contributed by atoms with Crippen molar-refractivity contribution in [3.63, 3.8) is 0 Å². The smallest absolute Gasteiger partial charge is 0.311 e. The number of benzene rings is 1. The van der Waals surface area contributed by atoms with Crippen LogP contribution < -0.4 is 4.74 Å². The molecule has 0 aromatic heterocycles. The van der Waals surface area contributed by atoms with Gasteiger partial charge in [0, 0.05) is 6.42 Å². The van der Waals surface area contributed by atoms with Crippen LogP contribution in [0.25, 0.3) is 0 Å². The van der Waals surface area contributed by atoms with Crippen LogP contribution in [0.3, 0.4) is 0 Å². The van der Waals surface area contributed by atoms with Crippen LogP contribution in [0.4, 0.5) is 0 Å². The second-order valence-electron chi connectivity index (χ2n) is 5.41. The predicted octanol–water partition coefficient (Wildman–Crippen LogP) is 3.45. The summed E-state index contributed by atoms with van der Waals surface area (Å²) < 4.78 is 35.7. The van der Waals surface area contributed by atoms with Gasteiger partial charge in [0.1, 0.15) is 5.75 Å². The Kier molecular flexibility index (Phi) is 6.84. The minimum Gasteiger partial charge on any atom is -0.427 e. The minimum absolute atomic E-state index is 0.226. The zero-order valence-corrected chi connectivity index (χ0v) is 13.2. The summed E-state index contributed by atoms with van der Waals surface area (Å²) >= 11 is 0. The van der Waals surface area contributed by atoms with Crippen molar-refractivity contribution in [3.8, 4) is 5.75 Å². The summed E-state index contributed by atoms with van der Waals surface area (Å²) in [6, 6.07) is 5.08. The van der Waals surface area contributed by atoms with Gasteiger partial charge >= 0.3 is 5.97 Å². The van der Waals surface area contributed by atoms with Crippen LogP contribution in [0.5, 0.6) is 5.75 Å². The second-order valence-corrected chi connectivity index (χ2v) is 6.84. The quantitative estimate of drug-likeness (QED) is 0.344. The van der Waals surface area contributed by atoms with Crippen LogP contribution in [-0.4, -0.2) is 18.9 Å². The van der Waals surface area contributed by atoms with Gasteiger partial charge in [-0.3, -0.25) is 9.35 Å². The number of carbonyl (C=O) groups is 1. The summed E-state index contributed by atoms with van der Waals surface area (Å²) in [5, 5.41) is 0. The van der Waals surface area contributed by atoms with Crippen LogP contribution in [0.1, 0.15) is 46.0 Å². The average Bonchev–Trinajstić information content (AvgIpc) is 2.37. The molecule has 0 aliphatic heterocycles. The summed E-state index contributed by atoms with van der Waals surface area (Å²) in [5.74, 6) is 0.618. The fourth-order valence-electron chi connectivity index (χ4n) is 1.86. The molecule has 0 saturated heterocycles. The van der Waals surface area contributed by atoms with Crippen LogP contribution in [0.15, 0.2) is 29.2 Å². The normalized spacial score (nSPS) is 11.6. The van der Waals surface area contributed by atoms with Crippen molar-refractivity contribution in [2.75, 3.05) is 0 Å². The number of unbranched alkanes of at least 4 members (excludes halogenated alkanes) is 2. The largest absolute Gasteiger partial charge is 0.427 e. The molecular weight excluding hydrogens is 292 g/mol. The molecule has 0 aliphatic rings. The van der Waals surface area contributed by atoms with Gasteiger partial charge in [0.15, 0.2) is 0 Å². The van der Waals surface area contributed by atoms with E-state index in [4.69, 9.17) is 9.29 Å². The Bertz CT molecular complexity index is 546. The molecule has 0 spiro atoms. The Morgan fingerprint density at radius 3 is 2.29 bits per heavy atom. The van der Waals surface area contributed by atoms with E-state index in [0.717, 1.165) is 25.7 Å². The maximum Gasteiger partial charge on any atom is 0.311 e. The van der Waals surface area contributed by atoms with Crippen molar-refractivity contribution in [2.24, 2.45) is 5.92 Å². The zero-order chi connectivity index (χ0) is 15.9. The van der Waals surface area contributed by atoms with Crippen molar-refractivity contribution in [1.82, 2.24) is 0 Å². The van der Waals surface area contributed by atoms with Crippen molar-refractivity contribution < 1.29 is 22.5 Å². The summed E-state index contributed by atoms with van der Waals surface area (Å²) in [7, 11) is -4.22. The number of carbonyl (C=O) groups excluding carboxylic acids is 1. The summed E-state index contributed by atoms with van der Waals surface area (Å²) in [6.45, 7) is 4.34. The molecule has 0 aliphatic carbocycles. The first-order chi connectivity index (χ1) is 9.79. The highest BCUT2D eigenvalue weighted by molar-refractivity contribution is 7.85. The standard InChI is InChI=1S/C15H22O5S/c1-12(2)6-4-3-5-7-15(16)20-13-8-10-14(11-9-13)21(17,18)19/h8-12H,3-7H2,1-2H3,(H,17,18,19). The molecular formula is C15H22O5S. The lowest BCUT2D eigenvalue weighted by molar-refractivity contribution is -0.134. The Balaban J connectivity index is 2.35. The zero-order valence-electron chi connectivity index (χ0n) is 12.4. The second kappa shape index (κ2) is 8.14. The van der Waals surface area contributed by atoms with E-state index in [-0.39, 0.29) is 16.6 Å². The fourth-order valence-corrected chi connectivity index (χ4v) is 2.34. The maximum atomic E-state index is 11.6. The van der Waals surface area contributed by atoms with E-state index in [2.05, 4.69) is 13.8 Å². The number of rotatable bonds is 8. The monoisotopic (exact) mass is 314 g/mol. The van der Waals surface area contributed by atoms with Crippen LogP contribution in [0.2, 0.25) is 0 Å². The van der Waals surface area contributed by atoms with Gasteiger partial charge in [-0.2, -0.15) is 8.42 Å². The first-order valence-corrected chi connectivity index (χ1v) is 8.51. The molecule has 1 N–H and O–H groups in total. The maximum absolute atomic E-state index is 11.6. The molecule has 0 unspecified atom stereocenters. The highest BCUT2D eigenvalue weighted by atomic mass is 32.2. The third kappa shape index (κ3) is 7.24. The molecule has 5 nitrogen and oxygen atoms in total. The first kappa shape index (κ1) is 17.7. The van der Waals surface area contributed by atoms with Crippen LogP contribution >= 0.6 is 0 Å². The predicted molar refractivity (Wildman–Crippen MR) is 79.8 cm³/mol. The molecule has 0 bridgehead atoms. The third-order valence-corrected chi connectivity index (χ3v) is 3.88. The summed E-state index contributed by atoms with van der Waals surface area (Å²) in [6.07, 6.45) is 4.39. The molecule has 118 valence electrons. The SMILES string of the molecule is CC(C)CCCCCC(=O)Oc1ccc(S(=O)(=O)O)cc1. The van der Waals surface area contributed by atoms with Gasteiger partial charge in [0.2, 0.25) is 0 Å². The van der Waals surface area contributed by atoms with E-state index >= 15 is 0 Å². The van der Waals surface area contributed by atoms with Gasteiger partial charge in [-0.1, -0.05) is 33.1 Å². The average molecular weight is 314 g/mol. The lowest BCUT2D eigenvalue weighted by Gasteiger charge is -2.06. The third-order valence-electron chi connectivity index (χ3n) is 3.02. The van der Waals surface area contributed by atoms with Crippen molar-refractivity contribution in [2.45, 2.75) is 50.8 Å². The van der Waals surface area contributed by atoms with Gasteiger partial charge < -0.3 is 4.74 Å². The van der Waals surface area contributed by atoms with E-state index in [0.29, 0.717) is 12.3 Å². The molecule has 6 heteroatoms. The molecule has 1 rings (SSSR count). The number of hydrogen-bond acceptors (Lipinski definition) is 4. The molecule has 0 heterocycles.